The number of aldehydes is 2. The Morgan fingerprint density at radius 3 is 1.92 bits per heavy atom. The Labute approximate surface area is 75.2 Å². The number of hydrogen-bond donors (Lipinski definition) is 0. The molecule has 0 aliphatic carbocycles. The molecule has 3 heteroatoms. The maximum Gasteiger partial charge on any atom is 0.151 e. The number of rotatable bonds is 2. The number of halogens is 1. The lowest BCUT2D eigenvalue weighted by Gasteiger charge is -2.00. The van der Waals surface area contributed by atoms with Gasteiger partial charge in [-0.3, -0.25) is 9.59 Å². The summed E-state index contributed by atoms with van der Waals surface area (Å²) in [5, 5.41) is 0.227. The highest BCUT2D eigenvalue weighted by Crippen LogP contribution is 2.20. The highest BCUT2D eigenvalue weighted by molar-refractivity contribution is 6.35. The van der Waals surface area contributed by atoms with Gasteiger partial charge in [-0.25, -0.2) is 0 Å². The van der Waals surface area contributed by atoms with E-state index < -0.39 is 0 Å². The molecule has 0 saturated carbocycles. The van der Waals surface area contributed by atoms with Crippen molar-refractivity contribution in [3.8, 4) is 0 Å². The maximum absolute atomic E-state index is 10.4. The van der Waals surface area contributed by atoms with Crippen molar-refractivity contribution in [1.29, 1.82) is 0 Å². The largest absolute Gasteiger partial charge is 0.298 e. The molecule has 0 aromatic heterocycles. The maximum atomic E-state index is 10.4. The van der Waals surface area contributed by atoms with Gasteiger partial charge in [-0.15, -0.1) is 0 Å². The van der Waals surface area contributed by atoms with E-state index in [0.29, 0.717) is 23.7 Å². The van der Waals surface area contributed by atoms with Crippen molar-refractivity contribution >= 4 is 24.2 Å². The molecule has 0 saturated heterocycles. The van der Waals surface area contributed by atoms with E-state index in [1.807, 2.05) is 0 Å². The molecule has 0 spiro atoms. The summed E-state index contributed by atoms with van der Waals surface area (Å²) in [5.41, 5.74) is 1.57. The van der Waals surface area contributed by atoms with Crippen molar-refractivity contribution in [3.63, 3.8) is 0 Å². The monoisotopic (exact) mass is 182 g/mol. The fourth-order valence-electron chi connectivity index (χ4n) is 0.997. The second-order valence-corrected chi connectivity index (χ2v) is 2.87. The fourth-order valence-corrected chi connectivity index (χ4v) is 1.20. The molecule has 0 radical (unpaired) electrons. The van der Waals surface area contributed by atoms with Gasteiger partial charge in [0.1, 0.15) is 0 Å². The van der Waals surface area contributed by atoms with Crippen LogP contribution in [0, 0.1) is 6.92 Å². The van der Waals surface area contributed by atoms with E-state index in [4.69, 9.17) is 11.6 Å². The van der Waals surface area contributed by atoms with Crippen molar-refractivity contribution in [2.75, 3.05) is 0 Å². The molecular weight excluding hydrogens is 176 g/mol. The van der Waals surface area contributed by atoms with E-state index in [2.05, 4.69) is 0 Å². The Kier molecular flexibility index (Phi) is 2.61. The smallest absolute Gasteiger partial charge is 0.151 e. The van der Waals surface area contributed by atoms with E-state index >= 15 is 0 Å². The van der Waals surface area contributed by atoms with Crippen LogP contribution >= 0.6 is 11.6 Å². The van der Waals surface area contributed by atoms with Crippen LogP contribution in [0.5, 0.6) is 0 Å². The van der Waals surface area contributed by atoms with Crippen molar-refractivity contribution in [2.24, 2.45) is 0 Å². The van der Waals surface area contributed by atoms with E-state index in [9.17, 15) is 9.59 Å². The predicted octanol–water partition coefficient (Wildman–Crippen LogP) is 2.27. The molecule has 0 unspecified atom stereocenters. The van der Waals surface area contributed by atoms with E-state index in [-0.39, 0.29) is 5.02 Å². The molecule has 0 bridgehead atoms. The number of carbonyl (C=O) groups is 2. The zero-order valence-corrected chi connectivity index (χ0v) is 7.26. The third kappa shape index (κ3) is 1.53. The van der Waals surface area contributed by atoms with Crippen molar-refractivity contribution < 1.29 is 9.59 Å². The highest BCUT2D eigenvalue weighted by atomic mass is 35.5. The van der Waals surface area contributed by atoms with Crippen molar-refractivity contribution in [1.82, 2.24) is 0 Å². The standard InChI is InChI=1S/C9H7ClO2/c1-6-2-7(4-11)9(10)8(3-6)5-12/h2-5H,1H3. The molecule has 12 heavy (non-hydrogen) atoms. The summed E-state index contributed by atoms with van der Waals surface area (Å²) in [7, 11) is 0. The van der Waals surface area contributed by atoms with Crippen molar-refractivity contribution in [3.05, 3.63) is 33.8 Å². The van der Waals surface area contributed by atoms with Gasteiger partial charge in [0.25, 0.3) is 0 Å². The molecule has 0 fully saturated rings. The third-order valence-electron chi connectivity index (χ3n) is 1.53. The molecular formula is C9H7ClO2. The topological polar surface area (TPSA) is 34.1 Å². The summed E-state index contributed by atoms with van der Waals surface area (Å²) < 4.78 is 0. The lowest BCUT2D eigenvalue weighted by atomic mass is 10.1. The molecule has 0 amide bonds. The van der Waals surface area contributed by atoms with E-state index in [0.717, 1.165) is 5.56 Å². The van der Waals surface area contributed by atoms with Gasteiger partial charge in [-0.1, -0.05) is 11.6 Å². The first kappa shape index (κ1) is 8.94. The SMILES string of the molecule is Cc1cc(C=O)c(Cl)c(C=O)c1. The summed E-state index contributed by atoms with van der Waals surface area (Å²) in [4.78, 5) is 20.9. The van der Waals surface area contributed by atoms with Gasteiger partial charge in [-0.05, 0) is 24.6 Å². The minimum atomic E-state index is 0.227. The van der Waals surface area contributed by atoms with Gasteiger partial charge in [0.15, 0.2) is 12.6 Å². The Morgan fingerprint density at radius 1 is 1.17 bits per heavy atom. The van der Waals surface area contributed by atoms with Crippen LogP contribution in [-0.4, -0.2) is 12.6 Å². The lowest BCUT2D eigenvalue weighted by Crippen LogP contribution is -1.90. The fraction of sp³-hybridized carbons (Fsp3) is 0.111. The molecule has 2 nitrogen and oxygen atoms in total. The summed E-state index contributed by atoms with van der Waals surface area (Å²) in [6.07, 6.45) is 1.28. The zero-order chi connectivity index (χ0) is 9.14. The summed E-state index contributed by atoms with van der Waals surface area (Å²) in [6, 6.07) is 3.28. The summed E-state index contributed by atoms with van der Waals surface area (Å²) in [6.45, 7) is 1.80. The minimum absolute atomic E-state index is 0.227. The van der Waals surface area contributed by atoms with Crippen LogP contribution in [0.15, 0.2) is 12.1 Å². The number of benzene rings is 1. The zero-order valence-electron chi connectivity index (χ0n) is 6.50. The average Bonchev–Trinajstić information content (AvgIpc) is 2.08. The molecule has 62 valence electrons. The van der Waals surface area contributed by atoms with Crippen LogP contribution in [0.1, 0.15) is 26.3 Å². The van der Waals surface area contributed by atoms with Gasteiger partial charge in [0, 0.05) is 11.1 Å². The Bertz CT molecular complexity index is 302. The number of carbonyl (C=O) groups excluding carboxylic acids is 2. The first-order chi connectivity index (χ1) is 5.69. The number of hydrogen-bond acceptors (Lipinski definition) is 2. The molecule has 0 aliphatic heterocycles. The van der Waals surface area contributed by atoms with Crippen LogP contribution in [-0.2, 0) is 0 Å². The van der Waals surface area contributed by atoms with Gasteiger partial charge in [-0.2, -0.15) is 0 Å². The van der Waals surface area contributed by atoms with E-state index in [1.54, 1.807) is 19.1 Å². The second-order valence-electron chi connectivity index (χ2n) is 2.49. The van der Waals surface area contributed by atoms with Gasteiger partial charge in [0.05, 0.1) is 5.02 Å². The van der Waals surface area contributed by atoms with E-state index in [1.165, 1.54) is 0 Å². The minimum Gasteiger partial charge on any atom is -0.298 e. The summed E-state index contributed by atoms with van der Waals surface area (Å²) >= 11 is 5.72. The van der Waals surface area contributed by atoms with Gasteiger partial charge in [0.2, 0.25) is 0 Å². The van der Waals surface area contributed by atoms with Gasteiger partial charge >= 0.3 is 0 Å². The Balaban J connectivity index is 3.41. The molecule has 0 atom stereocenters. The highest BCUT2D eigenvalue weighted by Gasteiger charge is 2.05. The number of aryl methyl sites for hydroxylation is 1. The molecule has 0 heterocycles. The van der Waals surface area contributed by atoms with Crippen LogP contribution in [0.25, 0.3) is 0 Å². The van der Waals surface area contributed by atoms with Gasteiger partial charge < -0.3 is 0 Å². The first-order valence-corrected chi connectivity index (χ1v) is 3.77. The van der Waals surface area contributed by atoms with Crippen LogP contribution in [0.2, 0.25) is 5.02 Å². The Morgan fingerprint density at radius 2 is 1.58 bits per heavy atom. The molecule has 1 aromatic rings. The Hall–Kier alpha value is -1.15. The predicted molar refractivity (Wildman–Crippen MR) is 47.0 cm³/mol. The van der Waals surface area contributed by atoms with Crippen LogP contribution < -0.4 is 0 Å². The summed E-state index contributed by atoms with van der Waals surface area (Å²) in [5.74, 6) is 0. The lowest BCUT2D eigenvalue weighted by molar-refractivity contribution is 0.112. The molecule has 1 aromatic carbocycles. The normalized spacial score (nSPS) is 9.50. The van der Waals surface area contributed by atoms with Crippen LogP contribution in [0.4, 0.5) is 0 Å². The molecule has 0 aliphatic rings. The average molecular weight is 183 g/mol. The van der Waals surface area contributed by atoms with Crippen molar-refractivity contribution in [2.45, 2.75) is 6.92 Å². The molecule has 0 N–H and O–H groups in total. The van der Waals surface area contributed by atoms with Crippen LogP contribution in [0.3, 0.4) is 0 Å². The quantitative estimate of drug-likeness (QED) is 0.658. The second kappa shape index (κ2) is 3.50. The first-order valence-electron chi connectivity index (χ1n) is 3.39. The molecule has 1 rings (SSSR count). The third-order valence-corrected chi connectivity index (χ3v) is 1.96.